The van der Waals surface area contributed by atoms with E-state index in [4.69, 9.17) is 0 Å². The maximum atomic E-state index is 12.9. The molecule has 4 rings (SSSR count). The topological polar surface area (TPSA) is 74.3 Å². The van der Waals surface area contributed by atoms with Crippen molar-refractivity contribution < 1.29 is 9.59 Å². The summed E-state index contributed by atoms with van der Waals surface area (Å²) in [6, 6.07) is 23.2. The van der Waals surface area contributed by atoms with Crippen molar-refractivity contribution in [3.63, 3.8) is 0 Å². The van der Waals surface area contributed by atoms with Gasteiger partial charge in [0.25, 0.3) is 5.91 Å². The van der Waals surface area contributed by atoms with E-state index in [1.165, 1.54) is 11.8 Å². The number of carbonyl (C=O) groups is 2. The van der Waals surface area contributed by atoms with Crippen molar-refractivity contribution in [3.8, 4) is 0 Å². The summed E-state index contributed by atoms with van der Waals surface area (Å²) in [5.41, 5.74) is 2.74. The minimum atomic E-state index is -0.216. The summed E-state index contributed by atoms with van der Waals surface area (Å²) >= 11 is 1.49. The lowest BCUT2D eigenvalue weighted by Crippen LogP contribution is -2.44. The first-order valence-corrected chi connectivity index (χ1v) is 12.8. The second kappa shape index (κ2) is 11.7. The first-order chi connectivity index (χ1) is 16.7. The molecule has 34 heavy (non-hydrogen) atoms. The van der Waals surface area contributed by atoms with E-state index < -0.39 is 0 Å². The summed E-state index contributed by atoms with van der Waals surface area (Å²) in [7, 11) is 0. The fourth-order valence-corrected chi connectivity index (χ4v) is 4.84. The van der Waals surface area contributed by atoms with Gasteiger partial charge in [0.1, 0.15) is 5.03 Å². The number of urea groups is 1. The van der Waals surface area contributed by atoms with E-state index >= 15 is 0 Å². The van der Waals surface area contributed by atoms with Crippen molar-refractivity contribution in [2.45, 2.75) is 23.9 Å². The van der Waals surface area contributed by atoms with Crippen LogP contribution in [0.2, 0.25) is 0 Å². The van der Waals surface area contributed by atoms with E-state index in [9.17, 15) is 9.59 Å². The first-order valence-electron chi connectivity index (χ1n) is 11.6. The number of nitrogens with zero attached hydrogens (tertiary/aromatic N) is 2. The molecule has 0 spiro atoms. The Morgan fingerprint density at radius 3 is 2.18 bits per heavy atom. The van der Waals surface area contributed by atoms with Gasteiger partial charge in [0, 0.05) is 25.8 Å². The third kappa shape index (κ3) is 5.97. The summed E-state index contributed by atoms with van der Waals surface area (Å²) in [6.45, 7) is 1.96. The SMILES string of the molecule is CSc1ncccc1C(=O)N1CCC(CNC(=O)NC(c2ccccc2)c2ccccc2)CC1. The minimum Gasteiger partial charge on any atom is -0.339 e. The number of pyridine rings is 1. The molecule has 6 nitrogen and oxygen atoms in total. The van der Waals surface area contributed by atoms with Gasteiger partial charge < -0.3 is 15.5 Å². The Kier molecular flexibility index (Phi) is 8.20. The molecule has 1 aliphatic heterocycles. The number of amides is 3. The van der Waals surface area contributed by atoms with Crippen LogP contribution in [0.15, 0.2) is 84.0 Å². The van der Waals surface area contributed by atoms with Crippen LogP contribution < -0.4 is 10.6 Å². The molecule has 1 aromatic heterocycles. The van der Waals surface area contributed by atoms with Crippen molar-refractivity contribution in [1.29, 1.82) is 0 Å². The molecule has 7 heteroatoms. The van der Waals surface area contributed by atoms with Gasteiger partial charge in [-0.15, -0.1) is 11.8 Å². The maximum absolute atomic E-state index is 12.9. The Labute approximate surface area is 205 Å². The fourth-order valence-electron chi connectivity index (χ4n) is 4.30. The predicted octanol–water partition coefficient (Wildman–Crippen LogP) is 4.74. The lowest BCUT2D eigenvalue weighted by atomic mass is 9.96. The van der Waals surface area contributed by atoms with E-state index in [-0.39, 0.29) is 18.0 Å². The number of thioether (sulfide) groups is 1. The Balaban J connectivity index is 1.29. The van der Waals surface area contributed by atoms with E-state index in [0.29, 0.717) is 31.1 Å². The van der Waals surface area contributed by atoms with Gasteiger partial charge in [-0.3, -0.25) is 4.79 Å². The lowest BCUT2D eigenvalue weighted by molar-refractivity contribution is 0.0686. The van der Waals surface area contributed by atoms with Gasteiger partial charge in [-0.25, -0.2) is 9.78 Å². The van der Waals surface area contributed by atoms with Crippen LogP contribution in [0.5, 0.6) is 0 Å². The van der Waals surface area contributed by atoms with Gasteiger partial charge in [-0.05, 0) is 48.3 Å². The number of aromatic nitrogens is 1. The second-order valence-corrected chi connectivity index (χ2v) is 9.20. The molecular formula is C27H30N4O2S. The molecule has 176 valence electrons. The molecule has 0 saturated carbocycles. The average molecular weight is 475 g/mol. The number of hydrogen-bond acceptors (Lipinski definition) is 4. The van der Waals surface area contributed by atoms with Crippen LogP contribution >= 0.6 is 11.8 Å². The molecule has 2 heterocycles. The van der Waals surface area contributed by atoms with E-state index in [1.54, 1.807) is 12.3 Å². The van der Waals surface area contributed by atoms with Crippen molar-refractivity contribution in [3.05, 3.63) is 95.7 Å². The number of benzene rings is 2. The predicted molar refractivity (Wildman–Crippen MR) is 136 cm³/mol. The van der Waals surface area contributed by atoms with Crippen LogP contribution in [0.4, 0.5) is 4.79 Å². The molecular weight excluding hydrogens is 444 g/mol. The monoisotopic (exact) mass is 474 g/mol. The Morgan fingerprint density at radius 2 is 1.59 bits per heavy atom. The van der Waals surface area contributed by atoms with Gasteiger partial charge in [-0.2, -0.15) is 0 Å². The summed E-state index contributed by atoms with van der Waals surface area (Å²) in [6.07, 6.45) is 5.37. The summed E-state index contributed by atoms with van der Waals surface area (Å²) in [5.74, 6) is 0.380. The molecule has 2 N–H and O–H groups in total. The van der Waals surface area contributed by atoms with Crippen molar-refractivity contribution in [2.24, 2.45) is 5.92 Å². The molecule has 3 amide bonds. The fraction of sp³-hybridized carbons (Fsp3) is 0.296. The van der Waals surface area contributed by atoms with E-state index in [0.717, 1.165) is 29.0 Å². The Hall–Kier alpha value is -3.32. The normalized spacial score (nSPS) is 14.1. The number of piperidine rings is 1. The molecule has 1 fully saturated rings. The smallest absolute Gasteiger partial charge is 0.315 e. The molecule has 0 unspecified atom stereocenters. The van der Waals surface area contributed by atoms with Crippen LogP contribution in [0.3, 0.4) is 0 Å². The highest BCUT2D eigenvalue weighted by atomic mass is 32.2. The van der Waals surface area contributed by atoms with Gasteiger partial charge in [0.05, 0.1) is 11.6 Å². The average Bonchev–Trinajstić information content (AvgIpc) is 2.91. The van der Waals surface area contributed by atoms with Crippen LogP contribution in [0, 0.1) is 5.92 Å². The molecule has 0 atom stereocenters. The molecule has 0 aliphatic carbocycles. The molecule has 0 radical (unpaired) electrons. The summed E-state index contributed by atoms with van der Waals surface area (Å²) < 4.78 is 0. The zero-order valence-electron chi connectivity index (χ0n) is 19.3. The van der Waals surface area contributed by atoms with Crippen molar-refractivity contribution in [1.82, 2.24) is 20.5 Å². The summed E-state index contributed by atoms with van der Waals surface area (Å²) in [4.78, 5) is 31.9. The van der Waals surface area contributed by atoms with Crippen LogP contribution in [0.1, 0.15) is 40.4 Å². The number of likely N-dealkylation sites (tertiary alicyclic amines) is 1. The third-order valence-electron chi connectivity index (χ3n) is 6.19. The molecule has 3 aromatic rings. The van der Waals surface area contributed by atoms with Gasteiger partial charge in [0.15, 0.2) is 0 Å². The lowest BCUT2D eigenvalue weighted by Gasteiger charge is -2.32. The Bertz CT molecular complexity index is 1050. The molecule has 1 saturated heterocycles. The number of rotatable bonds is 7. The Morgan fingerprint density at radius 1 is 0.971 bits per heavy atom. The molecule has 0 bridgehead atoms. The number of nitrogens with one attached hydrogen (secondary N) is 2. The van der Waals surface area contributed by atoms with Crippen LogP contribution in [0.25, 0.3) is 0 Å². The van der Waals surface area contributed by atoms with Crippen LogP contribution in [-0.2, 0) is 0 Å². The molecule has 1 aliphatic rings. The van der Waals surface area contributed by atoms with Crippen LogP contribution in [-0.4, -0.2) is 47.7 Å². The van der Waals surface area contributed by atoms with Gasteiger partial charge >= 0.3 is 6.03 Å². The van der Waals surface area contributed by atoms with Gasteiger partial charge in [-0.1, -0.05) is 60.7 Å². The zero-order chi connectivity index (χ0) is 23.8. The number of carbonyl (C=O) groups excluding carboxylic acids is 2. The van der Waals surface area contributed by atoms with Gasteiger partial charge in [0.2, 0.25) is 0 Å². The van der Waals surface area contributed by atoms with E-state index in [2.05, 4.69) is 15.6 Å². The largest absolute Gasteiger partial charge is 0.339 e. The third-order valence-corrected chi connectivity index (χ3v) is 6.90. The maximum Gasteiger partial charge on any atom is 0.315 e. The zero-order valence-corrected chi connectivity index (χ0v) is 20.1. The second-order valence-electron chi connectivity index (χ2n) is 8.40. The van der Waals surface area contributed by atoms with E-state index in [1.807, 2.05) is 77.9 Å². The highest BCUT2D eigenvalue weighted by Gasteiger charge is 2.26. The van der Waals surface area contributed by atoms with Crippen molar-refractivity contribution >= 4 is 23.7 Å². The minimum absolute atomic E-state index is 0.0372. The van der Waals surface area contributed by atoms with Crippen molar-refractivity contribution in [2.75, 3.05) is 25.9 Å². The first kappa shape index (κ1) is 23.8. The standard InChI is InChI=1S/C27H30N4O2S/c1-34-25-23(13-8-16-28-25)26(32)31-17-14-20(15-18-31)19-29-27(33)30-24(21-9-4-2-5-10-21)22-11-6-3-7-12-22/h2-13,16,20,24H,14-15,17-19H2,1H3,(H2,29,30,33). The highest BCUT2D eigenvalue weighted by Crippen LogP contribution is 2.24. The quantitative estimate of drug-likeness (QED) is 0.485. The highest BCUT2D eigenvalue weighted by molar-refractivity contribution is 7.98. The summed E-state index contributed by atoms with van der Waals surface area (Å²) in [5, 5.41) is 6.94. The number of hydrogen-bond donors (Lipinski definition) is 2. The molecule has 2 aromatic carbocycles.